The number of nitrogens with zero attached hydrogens (tertiary/aromatic N) is 3. The molecule has 0 aliphatic rings. The van der Waals surface area contributed by atoms with Gasteiger partial charge in [-0.2, -0.15) is 0 Å². The van der Waals surface area contributed by atoms with Crippen LogP contribution >= 0.6 is 0 Å². The van der Waals surface area contributed by atoms with E-state index in [0.29, 0.717) is 17.1 Å². The normalized spacial score (nSPS) is 10.1. The molecule has 0 unspecified atom stereocenters. The topological polar surface area (TPSA) is 92.3 Å². The first-order valence-corrected chi connectivity index (χ1v) is 5.10. The lowest BCUT2D eigenvalue weighted by atomic mass is 10.2. The van der Waals surface area contributed by atoms with Crippen molar-refractivity contribution in [1.29, 1.82) is 0 Å². The number of aromatic nitrogens is 3. The Morgan fingerprint density at radius 2 is 2.17 bits per heavy atom. The van der Waals surface area contributed by atoms with E-state index in [4.69, 9.17) is 10.5 Å². The SMILES string of the molecule is COC(=O)c1ncn(-c2cccc(OC)c2N)n1. The Morgan fingerprint density at radius 1 is 1.39 bits per heavy atom. The molecule has 0 atom stereocenters. The fourth-order valence-corrected chi connectivity index (χ4v) is 1.47. The molecule has 0 aliphatic heterocycles. The summed E-state index contributed by atoms with van der Waals surface area (Å²) >= 11 is 0. The van der Waals surface area contributed by atoms with E-state index in [9.17, 15) is 4.79 Å². The maximum Gasteiger partial charge on any atom is 0.377 e. The van der Waals surface area contributed by atoms with Crippen molar-refractivity contribution in [2.45, 2.75) is 0 Å². The van der Waals surface area contributed by atoms with Crippen LogP contribution in [0.3, 0.4) is 0 Å². The largest absolute Gasteiger partial charge is 0.495 e. The molecule has 18 heavy (non-hydrogen) atoms. The molecule has 0 bridgehead atoms. The highest BCUT2D eigenvalue weighted by Crippen LogP contribution is 2.27. The number of hydrogen-bond acceptors (Lipinski definition) is 6. The second-order valence-electron chi connectivity index (χ2n) is 3.40. The quantitative estimate of drug-likeness (QED) is 0.633. The Morgan fingerprint density at radius 3 is 2.83 bits per heavy atom. The van der Waals surface area contributed by atoms with Crippen molar-refractivity contribution in [2.24, 2.45) is 0 Å². The van der Waals surface area contributed by atoms with E-state index in [1.165, 1.54) is 25.2 Å². The molecule has 1 aromatic heterocycles. The summed E-state index contributed by atoms with van der Waals surface area (Å²) in [6.07, 6.45) is 1.39. The predicted octanol–water partition coefficient (Wildman–Crippen LogP) is 0.645. The van der Waals surface area contributed by atoms with Gasteiger partial charge in [-0.1, -0.05) is 6.07 Å². The van der Waals surface area contributed by atoms with Gasteiger partial charge >= 0.3 is 5.97 Å². The number of para-hydroxylation sites is 1. The number of benzene rings is 1. The number of anilines is 1. The van der Waals surface area contributed by atoms with Gasteiger partial charge < -0.3 is 15.2 Å². The molecule has 2 rings (SSSR count). The molecule has 0 radical (unpaired) electrons. The Bertz CT molecular complexity index is 579. The first-order valence-electron chi connectivity index (χ1n) is 5.10. The fraction of sp³-hybridized carbons (Fsp3) is 0.182. The number of nitrogens with two attached hydrogens (primary N) is 1. The van der Waals surface area contributed by atoms with Crippen molar-refractivity contribution >= 4 is 11.7 Å². The maximum absolute atomic E-state index is 11.2. The lowest BCUT2D eigenvalue weighted by Gasteiger charge is -2.08. The van der Waals surface area contributed by atoms with Crippen molar-refractivity contribution in [3.63, 3.8) is 0 Å². The molecule has 0 saturated heterocycles. The molecular formula is C11H12N4O3. The highest BCUT2D eigenvalue weighted by molar-refractivity contribution is 5.84. The maximum atomic E-state index is 11.2. The highest BCUT2D eigenvalue weighted by atomic mass is 16.5. The summed E-state index contributed by atoms with van der Waals surface area (Å²) in [5.74, 6) is -0.0995. The van der Waals surface area contributed by atoms with Crippen LogP contribution in [-0.4, -0.2) is 35.0 Å². The Labute approximate surface area is 103 Å². The summed E-state index contributed by atoms with van der Waals surface area (Å²) in [7, 11) is 2.79. The van der Waals surface area contributed by atoms with Gasteiger partial charge in [-0.05, 0) is 12.1 Å². The zero-order valence-electron chi connectivity index (χ0n) is 9.95. The molecule has 7 nitrogen and oxygen atoms in total. The van der Waals surface area contributed by atoms with Crippen LogP contribution < -0.4 is 10.5 Å². The minimum absolute atomic E-state index is 0.0280. The van der Waals surface area contributed by atoms with Gasteiger partial charge in [0, 0.05) is 0 Å². The zero-order valence-corrected chi connectivity index (χ0v) is 9.95. The van der Waals surface area contributed by atoms with Gasteiger partial charge in [0.05, 0.1) is 19.9 Å². The molecule has 2 N–H and O–H groups in total. The predicted molar refractivity (Wildman–Crippen MR) is 63.7 cm³/mol. The second-order valence-corrected chi connectivity index (χ2v) is 3.40. The first-order chi connectivity index (χ1) is 8.67. The van der Waals surface area contributed by atoms with Crippen LogP contribution in [0.5, 0.6) is 5.75 Å². The van der Waals surface area contributed by atoms with E-state index in [1.807, 2.05) is 0 Å². The molecule has 0 spiro atoms. The van der Waals surface area contributed by atoms with Gasteiger partial charge in [-0.3, -0.25) is 0 Å². The number of ether oxygens (including phenoxy) is 2. The Kier molecular flexibility index (Phi) is 3.13. The van der Waals surface area contributed by atoms with Crippen LogP contribution in [0.15, 0.2) is 24.5 Å². The van der Waals surface area contributed by atoms with Gasteiger partial charge in [0.25, 0.3) is 5.82 Å². The summed E-state index contributed by atoms with van der Waals surface area (Å²) in [5, 5.41) is 3.98. The van der Waals surface area contributed by atoms with Gasteiger partial charge in [-0.25, -0.2) is 14.5 Å². The molecule has 0 aliphatic carbocycles. The second kappa shape index (κ2) is 4.74. The monoisotopic (exact) mass is 248 g/mol. The van der Waals surface area contributed by atoms with Crippen LogP contribution in [0, 0.1) is 0 Å². The molecular weight excluding hydrogens is 236 g/mol. The van der Waals surface area contributed by atoms with Crippen molar-refractivity contribution < 1.29 is 14.3 Å². The van der Waals surface area contributed by atoms with Gasteiger partial charge in [0.15, 0.2) is 0 Å². The third-order valence-corrected chi connectivity index (χ3v) is 2.37. The fourth-order valence-electron chi connectivity index (χ4n) is 1.47. The Hall–Kier alpha value is -2.57. The van der Waals surface area contributed by atoms with Crippen molar-refractivity contribution in [1.82, 2.24) is 14.8 Å². The average molecular weight is 248 g/mol. The third kappa shape index (κ3) is 1.97. The number of esters is 1. The molecule has 0 saturated carbocycles. The van der Waals surface area contributed by atoms with E-state index >= 15 is 0 Å². The number of hydrogen-bond donors (Lipinski definition) is 1. The number of carbonyl (C=O) groups excluding carboxylic acids is 1. The molecule has 1 heterocycles. The summed E-state index contributed by atoms with van der Waals surface area (Å²) in [5.41, 5.74) is 6.91. The van der Waals surface area contributed by atoms with E-state index in [0.717, 1.165) is 0 Å². The van der Waals surface area contributed by atoms with E-state index in [1.54, 1.807) is 18.2 Å². The lowest BCUT2D eigenvalue weighted by molar-refractivity contribution is 0.0587. The molecule has 0 fully saturated rings. The Balaban J connectivity index is 2.43. The van der Waals surface area contributed by atoms with Crippen molar-refractivity contribution in [2.75, 3.05) is 20.0 Å². The molecule has 0 amide bonds. The van der Waals surface area contributed by atoms with Gasteiger partial charge in [-0.15, -0.1) is 5.10 Å². The molecule has 7 heteroatoms. The van der Waals surface area contributed by atoms with Crippen LogP contribution in [0.1, 0.15) is 10.6 Å². The molecule has 94 valence electrons. The smallest absolute Gasteiger partial charge is 0.377 e. The van der Waals surface area contributed by atoms with Crippen LogP contribution in [0.25, 0.3) is 5.69 Å². The molecule has 1 aromatic carbocycles. The minimum atomic E-state index is -0.602. The van der Waals surface area contributed by atoms with E-state index < -0.39 is 5.97 Å². The zero-order chi connectivity index (χ0) is 13.1. The van der Waals surface area contributed by atoms with E-state index in [-0.39, 0.29) is 5.82 Å². The van der Waals surface area contributed by atoms with Crippen LogP contribution in [0.2, 0.25) is 0 Å². The van der Waals surface area contributed by atoms with Crippen LogP contribution in [0.4, 0.5) is 5.69 Å². The third-order valence-electron chi connectivity index (χ3n) is 2.37. The summed E-state index contributed by atoms with van der Waals surface area (Å²) in [6, 6.07) is 5.24. The van der Waals surface area contributed by atoms with Crippen molar-refractivity contribution in [3.05, 3.63) is 30.4 Å². The number of nitrogen functional groups attached to an aromatic ring is 1. The van der Waals surface area contributed by atoms with Crippen LogP contribution in [-0.2, 0) is 4.74 Å². The van der Waals surface area contributed by atoms with Gasteiger partial charge in [0.2, 0.25) is 0 Å². The average Bonchev–Trinajstić information content (AvgIpc) is 2.87. The van der Waals surface area contributed by atoms with Crippen molar-refractivity contribution in [3.8, 4) is 11.4 Å². The standard InChI is InChI=1S/C11H12N4O3/c1-17-8-5-3-4-7(9(8)12)15-6-13-10(14-15)11(16)18-2/h3-6H,12H2,1-2H3. The minimum Gasteiger partial charge on any atom is -0.495 e. The highest BCUT2D eigenvalue weighted by Gasteiger charge is 2.14. The number of carbonyl (C=O) groups is 1. The summed E-state index contributed by atoms with van der Waals surface area (Å²) < 4.78 is 11.0. The summed E-state index contributed by atoms with van der Waals surface area (Å²) in [4.78, 5) is 15.1. The number of methoxy groups -OCH3 is 2. The summed E-state index contributed by atoms with van der Waals surface area (Å²) in [6.45, 7) is 0. The van der Waals surface area contributed by atoms with Gasteiger partial charge in [0.1, 0.15) is 17.8 Å². The lowest BCUT2D eigenvalue weighted by Crippen LogP contribution is -2.06. The van der Waals surface area contributed by atoms with E-state index in [2.05, 4.69) is 14.8 Å². The molecule has 2 aromatic rings. The first kappa shape index (κ1) is 11.9. The number of rotatable bonds is 3.